The van der Waals surface area contributed by atoms with E-state index in [0.29, 0.717) is 12.8 Å². The van der Waals surface area contributed by atoms with Crippen LogP contribution in [0.4, 0.5) is 4.39 Å². The molecule has 0 amide bonds. The summed E-state index contributed by atoms with van der Waals surface area (Å²) >= 11 is 5.65. The number of benzene rings is 1. The van der Waals surface area contributed by atoms with Gasteiger partial charge in [0.05, 0.1) is 16.5 Å². The number of aliphatic hydroxyl groups is 1. The fourth-order valence-electron chi connectivity index (χ4n) is 1.67. The Balaban J connectivity index is 3.26. The molecule has 0 radical (unpaired) electrons. The highest BCUT2D eigenvalue weighted by atomic mass is 35.5. The molecule has 1 aromatic carbocycles. The minimum Gasteiger partial charge on any atom is -0.392 e. The van der Waals surface area contributed by atoms with E-state index in [2.05, 4.69) is 4.72 Å². The molecule has 0 aliphatic heterocycles. The van der Waals surface area contributed by atoms with Crippen LogP contribution in [-0.2, 0) is 16.6 Å². The van der Waals surface area contributed by atoms with Gasteiger partial charge in [-0.2, -0.15) is 0 Å². The van der Waals surface area contributed by atoms with Crippen LogP contribution in [0.25, 0.3) is 0 Å². The minimum atomic E-state index is -3.87. The summed E-state index contributed by atoms with van der Waals surface area (Å²) in [6.07, 6.45) is 1.21. The van der Waals surface area contributed by atoms with Crippen LogP contribution < -0.4 is 4.72 Å². The largest absolute Gasteiger partial charge is 0.392 e. The molecular weight excluding hydrogens is 305 g/mol. The van der Waals surface area contributed by atoms with E-state index in [1.807, 2.05) is 13.8 Å². The topological polar surface area (TPSA) is 66.4 Å². The summed E-state index contributed by atoms with van der Waals surface area (Å²) < 4.78 is 40.8. The second-order valence-electron chi connectivity index (χ2n) is 4.91. The number of aliphatic hydroxyl groups excluding tert-OH is 1. The van der Waals surface area contributed by atoms with Crippen molar-refractivity contribution in [3.05, 3.63) is 28.5 Å². The molecule has 0 aromatic heterocycles. The van der Waals surface area contributed by atoms with Crippen molar-refractivity contribution in [2.75, 3.05) is 0 Å². The summed E-state index contributed by atoms with van der Waals surface area (Å²) in [6, 6.07) is 2.04. The van der Waals surface area contributed by atoms with Crippen molar-refractivity contribution in [3.63, 3.8) is 0 Å². The summed E-state index contributed by atoms with van der Waals surface area (Å²) in [5, 5.41) is 8.83. The Labute approximate surface area is 124 Å². The third-order valence-corrected chi connectivity index (χ3v) is 5.54. The fraction of sp³-hybridized carbons (Fsp3) is 0.538. The Morgan fingerprint density at radius 3 is 2.35 bits per heavy atom. The lowest BCUT2D eigenvalue weighted by Gasteiger charge is -2.27. The van der Waals surface area contributed by atoms with E-state index in [1.165, 1.54) is 6.07 Å². The molecule has 2 N–H and O–H groups in total. The Bertz CT molecular complexity index is 586. The van der Waals surface area contributed by atoms with Gasteiger partial charge < -0.3 is 5.11 Å². The van der Waals surface area contributed by atoms with Crippen molar-refractivity contribution >= 4 is 21.6 Å². The van der Waals surface area contributed by atoms with Gasteiger partial charge in [0.25, 0.3) is 0 Å². The van der Waals surface area contributed by atoms with E-state index in [-0.39, 0.29) is 15.5 Å². The highest BCUT2D eigenvalue weighted by Gasteiger charge is 2.28. The van der Waals surface area contributed by atoms with Gasteiger partial charge in [-0.15, -0.1) is 0 Å². The highest BCUT2D eigenvalue weighted by Crippen LogP contribution is 2.26. The first-order valence-corrected chi connectivity index (χ1v) is 8.18. The summed E-state index contributed by atoms with van der Waals surface area (Å²) in [5.74, 6) is -0.867. The maximum atomic E-state index is 13.6. The summed E-state index contributed by atoms with van der Waals surface area (Å²) in [6.45, 7) is 4.99. The molecule has 114 valence electrons. The maximum Gasteiger partial charge on any atom is 0.241 e. The van der Waals surface area contributed by atoms with E-state index >= 15 is 0 Å². The van der Waals surface area contributed by atoms with Gasteiger partial charge in [0.2, 0.25) is 10.0 Å². The molecule has 4 nitrogen and oxygen atoms in total. The smallest absolute Gasteiger partial charge is 0.241 e. The average Bonchev–Trinajstić information content (AvgIpc) is 2.40. The van der Waals surface area contributed by atoms with Gasteiger partial charge in [-0.05, 0) is 31.9 Å². The van der Waals surface area contributed by atoms with Crippen molar-refractivity contribution in [1.29, 1.82) is 0 Å². The third-order valence-electron chi connectivity index (χ3n) is 3.50. The quantitative estimate of drug-likeness (QED) is 0.846. The van der Waals surface area contributed by atoms with Gasteiger partial charge in [0, 0.05) is 11.1 Å². The van der Waals surface area contributed by atoms with E-state index < -0.39 is 28.0 Å². The number of hydrogen-bond acceptors (Lipinski definition) is 3. The van der Waals surface area contributed by atoms with Gasteiger partial charge in [-0.3, -0.25) is 0 Å². The molecule has 0 heterocycles. The minimum absolute atomic E-state index is 0.0433. The number of hydrogen-bond donors (Lipinski definition) is 2. The normalized spacial score (nSPS) is 12.7. The number of halogens is 2. The molecular formula is C13H19ClFNO3S. The van der Waals surface area contributed by atoms with E-state index in [9.17, 15) is 12.8 Å². The van der Waals surface area contributed by atoms with Crippen LogP contribution in [0.1, 0.15) is 39.2 Å². The van der Waals surface area contributed by atoms with Gasteiger partial charge in [-0.1, -0.05) is 25.4 Å². The average molecular weight is 324 g/mol. The first-order chi connectivity index (χ1) is 9.19. The monoisotopic (exact) mass is 323 g/mol. The zero-order valence-corrected chi connectivity index (χ0v) is 13.3. The first kappa shape index (κ1) is 17.4. The first-order valence-electron chi connectivity index (χ1n) is 6.32. The van der Waals surface area contributed by atoms with E-state index in [4.69, 9.17) is 16.7 Å². The van der Waals surface area contributed by atoms with Gasteiger partial charge >= 0.3 is 0 Å². The van der Waals surface area contributed by atoms with Crippen LogP contribution in [-0.4, -0.2) is 19.1 Å². The second kappa shape index (κ2) is 6.39. The van der Waals surface area contributed by atoms with Gasteiger partial charge in [0.15, 0.2) is 0 Å². The summed E-state index contributed by atoms with van der Waals surface area (Å²) in [5.41, 5.74) is -0.560. The van der Waals surface area contributed by atoms with E-state index in [0.717, 1.165) is 6.07 Å². The molecule has 0 spiro atoms. The Morgan fingerprint density at radius 1 is 1.35 bits per heavy atom. The Hall–Kier alpha value is -0.690. The molecule has 0 fully saturated rings. The van der Waals surface area contributed by atoms with E-state index in [1.54, 1.807) is 6.92 Å². The fourth-order valence-corrected chi connectivity index (χ4v) is 3.45. The lowest BCUT2D eigenvalue weighted by molar-refractivity contribution is 0.281. The molecule has 7 heteroatoms. The molecule has 1 aromatic rings. The van der Waals surface area contributed by atoms with Crippen molar-refractivity contribution in [1.82, 2.24) is 4.72 Å². The van der Waals surface area contributed by atoms with Crippen LogP contribution in [0.15, 0.2) is 17.0 Å². The van der Waals surface area contributed by atoms with Crippen molar-refractivity contribution in [2.24, 2.45) is 0 Å². The SMILES string of the molecule is CCC(C)(CC)NS(=O)(=O)c1cc(F)c(Cl)c(CO)c1. The molecule has 0 aliphatic carbocycles. The van der Waals surface area contributed by atoms with Crippen LogP contribution in [0.5, 0.6) is 0 Å². The standard InChI is InChI=1S/C13H19ClFNO3S/c1-4-13(3,5-2)16-20(18,19)10-6-9(8-17)12(14)11(15)7-10/h6-7,16-17H,4-5,8H2,1-3H3. The van der Waals surface area contributed by atoms with Crippen LogP contribution in [0, 0.1) is 5.82 Å². The molecule has 0 bridgehead atoms. The Kier molecular flexibility index (Phi) is 5.54. The van der Waals surface area contributed by atoms with Crippen LogP contribution in [0.2, 0.25) is 5.02 Å². The lowest BCUT2D eigenvalue weighted by Crippen LogP contribution is -2.44. The maximum absolute atomic E-state index is 13.6. The van der Waals surface area contributed by atoms with Crippen molar-refractivity contribution in [3.8, 4) is 0 Å². The van der Waals surface area contributed by atoms with Crippen molar-refractivity contribution in [2.45, 2.75) is 50.7 Å². The number of sulfonamides is 1. The van der Waals surface area contributed by atoms with Crippen LogP contribution >= 0.6 is 11.6 Å². The van der Waals surface area contributed by atoms with Crippen LogP contribution in [0.3, 0.4) is 0 Å². The van der Waals surface area contributed by atoms with Gasteiger partial charge in [0.1, 0.15) is 5.82 Å². The molecule has 0 saturated heterocycles. The third kappa shape index (κ3) is 3.69. The van der Waals surface area contributed by atoms with Gasteiger partial charge in [-0.25, -0.2) is 17.5 Å². The summed E-state index contributed by atoms with van der Waals surface area (Å²) in [4.78, 5) is -0.239. The molecule has 1 rings (SSSR count). The zero-order valence-electron chi connectivity index (χ0n) is 11.7. The molecule has 0 atom stereocenters. The Morgan fingerprint density at radius 2 is 1.90 bits per heavy atom. The zero-order chi connectivity index (χ0) is 15.6. The predicted octanol–water partition coefficient (Wildman–Crippen LogP) is 2.83. The lowest BCUT2D eigenvalue weighted by atomic mass is 9.98. The molecule has 0 aliphatic rings. The second-order valence-corrected chi connectivity index (χ2v) is 6.97. The molecule has 0 saturated carbocycles. The predicted molar refractivity (Wildman–Crippen MR) is 76.6 cm³/mol. The summed E-state index contributed by atoms with van der Waals surface area (Å²) in [7, 11) is -3.87. The number of rotatable bonds is 6. The number of nitrogens with one attached hydrogen (secondary N) is 1. The van der Waals surface area contributed by atoms with Crippen molar-refractivity contribution < 1.29 is 17.9 Å². The molecule has 20 heavy (non-hydrogen) atoms. The molecule has 0 unspecified atom stereocenters. The highest BCUT2D eigenvalue weighted by molar-refractivity contribution is 7.89.